The first-order valence-electron chi connectivity index (χ1n) is 17.1. The zero-order valence-electron chi connectivity index (χ0n) is 29.9. The Labute approximate surface area is 279 Å². The van der Waals surface area contributed by atoms with Crippen LogP contribution in [0.4, 0.5) is 5.69 Å². The summed E-state index contributed by atoms with van der Waals surface area (Å²) in [4.78, 5) is 5.73. The van der Waals surface area contributed by atoms with Gasteiger partial charge in [-0.3, -0.25) is 0 Å². The molecule has 46 heavy (non-hydrogen) atoms. The van der Waals surface area contributed by atoms with Gasteiger partial charge in [-0.15, -0.1) is 0 Å². The Bertz CT molecular complexity index is 1770. The topological polar surface area (TPSA) is 12.4 Å². The van der Waals surface area contributed by atoms with Gasteiger partial charge in [-0.1, -0.05) is 156 Å². The summed E-state index contributed by atoms with van der Waals surface area (Å²) in [6.07, 6.45) is 15.2. The van der Waals surface area contributed by atoms with Gasteiger partial charge in [0.05, 0.1) is 11.4 Å². The van der Waals surface area contributed by atoms with Crippen molar-refractivity contribution in [1.29, 1.82) is 0 Å². The van der Waals surface area contributed by atoms with Crippen LogP contribution in [0.25, 0.3) is 16.7 Å². The van der Waals surface area contributed by atoms with Crippen molar-refractivity contribution in [2.45, 2.75) is 93.9 Å². The minimum Gasteiger partial charge on any atom is -0.247 e. The van der Waals surface area contributed by atoms with E-state index in [2.05, 4.69) is 172 Å². The van der Waals surface area contributed by atoms with Crippen LogP contribution in [0.15, 0.2) is 119 Å². The predicted octanol–water partition coefficient (Wildman–Crippen LogP) is 13.1. The van der Waals surface area contributed by atoms with E-state index in [1.54, 1.807) is 0 Å². The molecule has 0 atom stereocenters. The van der Waals surface area contributed by atoms with Crippen molar-refractivity contribution in [3.05, 3.63) is 142 Å². The number of nitrogens with zero attached hydrogens (tertiary/aromatic N) is 1. The number of allylic oxidation sites excluding steroid dienone is 10. The minimum atomic E-state index is -0.0557. The maximum Gasteiger partial charge on any atom is 0.0785 e. The van der Waals surface area contributed by atoms with Crippen molar-refractivity contribution in [3.63, 3.8) is 0 Å². The molecular weight excluding hydrogens is 555 g/mol. The Kier molecular flexibility index (Phi) is 9.46. The molecule has 1 saturated carbocycles. The number of hydrogen-bond acceptors (Lipinski definition) is 1. The fourth-order valence-electron chi connectivity index (χ4n) is 6.06. The van der Waals surface area contributed by atoms with E-state index in [4.69, 9.17) is 4.99 Å². The molecular formula is C45H53N. The monoisotopic (exact) mass is 607 g/mol. The van der Waals surface area contributed by atoms with Gasteiger partial charge in [0.2, 0.25) is 0 Å². The van der Waals surface area contributed by atoms with E-state index in [0.29, 0.717) is 0 Å². The molecule has 0 aromatic heterocycles. The molecule has 5 rings (SSSR count). The van der Waals surface area contributed by atoms with E-state index in [-0.39, 0.29) is 16.2 Å². The van der Waals surface area contributed by atoms with E-state index in [0.717, 1.165) is 36.2 Å². The SMILES string of the molecule is CCC(C)(C)C(C)=CC=C(C)c1ccc(C(C)=CC=C(C)C(C)(C)C)c2c1C1(C=C(c3ccccc3)C(c3ccccc3)=N2)CC1. The van der Waals surface area contributed by atoms with Crippen LogP contribution in [0.3, 0.4) is 0 Å². The van der Waals surface area contributed by atoms with Crippen molar-refractivity contribution in [2.24, 2.45) is 15.8 Å². The Balaban J connectivity index is 1.82. The molecule has 0 radical (unpaired) electrons. The van der Waals surface area contributed by atoms with Crippen LogP contribution in [0.2, 0.25) is 0 Å². The van der Waals surface area contributed by atoms with Gasteiger partial charge in [0.1, 0.15) is 0 Å². The van der Waals surface area contributed by atoms with E-state index in [1.165, 1.54) is 50.1 Å². The van der Waals surface area contributed by atoms with Gasteiger partial charge in [-0.05, 0) is 85.6 Å². The smallest absolute Gasteiger partial charge is 0.0785 e. The van der Waals surface area contributed by atoms with Gasteiger partial charge in [-0.2, -0.15) is 0 Å². The molecule has 3 aromatic rings. The first-order valence-corrected chi connectivity index (χ1v) is 17.1. The molecule has 1 heteroatoms. The van der Waals surface area contributed by atoms with Gasteiger partial charge in [0, 0.05) is 22.1 Å². The number of rotatable bonds is 8. The Morgan fingerprint density at radius 1 is 0.674 bits per heavy atom. The number of aliphatic imine (C=N–C) groups is 1. The summed E-state index contributed by atoms with van der Waals surface area (Å²) in [5.74, 6) is 0. The predicted molar refractivity (Wildman–Crippen MR) is 203 cm³/mol. The zero-order valence-corrected chi connectivity index (χ0v) is 29.9. The lowest BCUT2D eigenvalue weighted by Gasteiger charge is -2.24. The highest BCUT2D eigenvalue weighted by Crippen LogP contribution is 2.58. The second-order valence-corrected chi connectivity index (χ2v) is 15.2. The van der Waals surface area contributed by atoms with Crippen molar-refractivity contribution in [1.82, 2.24) is 0 Å². The molecule has 1 aliphatic heterocycles. The fraction of sp³-hybridized carbons (Fsp3) is 0.356. The molecule has 2 aliphatic rings. The molecule has 1 nitrogen and oxygen atoms in total. The molecule has 0 unspecified atom stereocenters. The molecule has 1 fully saturated rings. The first kappa shape index (κ1) is 33.4. The second kappa shape index (κ2) is 13.0. The summed E-state index contributed by atoms with van der Waals surface area (Å²) in [5.41, 5.74) is 15.2. The molecule has 1 aliphatic carbocycles. The third kappa shape index (κ3) is 6.90. The van der Waals surface area contributed by atoms with Gasteiger partial charge in [0.25, 0.3) is 0 Å². The van der Waals surface area contributed by atoms with Crippen molar-refractivity contribution in [2.75, 3.05) is 0 Å². The molecule has 238 valence electrons. The maximum absolute atomic E-state index is 5.73. The maximum atomic E-state index is 5.73. The largest absolute Gasteiger partial charge is 0.247 e. The summed E-state index contributed by atoms with van der Waals surface area (Å²) in [7, 11) is 0. The van der Waals surface area contributed by atoms with Gasteiger partial charge in [-0.25, -0.2) is 4.99 Å². The van der Waals surface area contributed by atoms with E-state index in [1.807, 2.05) is 0 Å². The van der Waals surface area contributed by atoms with E-state index in [9.17, 15) is 0 Å². The molecule has 0 N–H and O–H groups in total. The molecule has 3 aromatic carbocycles. The van der Waals surface area contributed by atoms with Crippen LogP contribution >= 0.6 is 0 Å². The molecule has 0 bridgehead atoms. The number of hydrogen-bond donors (Lipinski definition) is 0. The van der Waals surface area contributed by atoms with Crippen LogP contribution < -0.4 is 0 Å². The van der Waals surface area contributed by atoms with Crippen molar-refractivity contribution >= 4 is 28.1 Å². The lowest BCUT2D eigenvalue weighted by molar-refractivity contribution is 0.429. The Morgan fingerprint density at radius 2 is 1.20 bits per heavy atom. The quantitative estimate of drug-likeness (QED) is 0.226. The summed E-state index contributed by atoms with van der Waals surface area (Å²) < 4.78 is 0. The van der Waals surface area contributed by atoms with Crippen LogP contribution in [-0.2, 0) is 5.41 Å². The third-order valence-corrected chi connectivity index (χ3v) is 10.6. The summed E-state index contributed by atoms with van der Waals surface area (Å²) in [5, 5.41) is 0. The van der Waals surface area contributed by atoms with E-state index < -0.39 is 0 Å². The number of fused-ring (bicyclic) bond motifs is 2. The Morgan fingerprint density at radius 3 is 1.74 bits per heavy atom. The van der Waals surface area contributed by atoms with E-state index >= 15 is 0 Å². The first-order chi connectivity index (χ1) is 21.8. The van der Waals surface area contributed by atoms with Crippen LogP contribution in [0, 0.1) is 10.8 Å². The third-order valence-electron chi connectivity index (χ3n) is 10.6. The van der Waals surface area contributed by atoms with Crippen molar-refractivity contribution in [3.8, 4) is 0 Å². The van der Waals surface area contributed by atoms with Crippen LogP contribution in [0.5, 0.6) is 0 Å². The normalized spacial score (nSPS) is 17.3. The lowest BCUT2D eigenvalue weighted by Crippen LogP contribution is -2.11. The van der Waals surface area contributed by atoms with Crippen LogP contribution in [-0.4, -0.2) is 5.71 Å². The standard InChI is InChI=1S/C45H53N/c1-11-44(9,10)34(5)25-23-31(2)37-26-27-38(32(3)22-24-33(4)43(6,7)8)42-40(37)45(28-29-45)30-39(35-18-14-12-15-19-35)41(46-42)36-20-16-13-17-21-36/h12-27,30H,11,28-29H2,1-10H3. The lowest BCUT2D eigenvalue weighted by atomic mass is 9.81. The van der Waals surface area contributed by atoms with Gasteiger partial charge in [0.15, 0.2) is 0 Å². The highest BCUT2D eigenvalue weighted by Gasteiger charge is 2.48. The number of benzene rings is 3. The summed E-state index contributed by atoms with van der Waals surface area (Å²) in [6, 6.07) is 26.3. The average Bonchev–Trinajstić information content (AvgIpc) is 3.85. The summed E-state index contributed by atoms with van der Waals surface area (Å²) >= 11 is 0. The van der Waals surface area contributed by atoms with Gasteiger partial charge >= 0.3 is 0 Å². The minimum absolute atomic E-state index is 0.0557. The van der Waals surface area contributed by atoms with Gasteiger partial charge < -0.3 is 0 Å². The Hall–Kier alpha value is -3.97. The average molecular weight is 608 g/mol. The molecule has 1 spiro atoms. The zero-order chi connectivity index (χ0) is 33.3. The second-order valence-electron chi connectivity index (χ2n) is 15.2. The molecule has 0 amide bonds. The molecule has 0 saturated heterocycles. The highest BCUT2D eigenvalue weighted by atomic mass is 14.8. The molecule has 1 heterocycles. The highest BCUT2D eigenvalue weighted by molar-refractivity contribution is 6.33. The summed E-state index contributed by atoms with van der Waals surface area (Å²) in [6.45, 7) is 22.8. The fourth-order valence-corrected chi connectivity index (χ4v) is 6.06. The van der Waals surface area contributed by atoms with Crippen LogP contribution in [0.1, 0.15) is 116 Å². The van der Waals surface area contributed by atoms with Crippen molar-refractivity contribution < 1.29 is 0 Å².